The van der Waals surface area contributed by atoms with Crippen LogP contribution < -0.4 is 5.73 Å². The molecule has 4 nitrogen and oxygen atoms in total. The minimum absolute atomic E-state index is 0.232. The third-order valence-corrected chi connectivity index (χ3v) is 2.93. The van der Waals surface area contributed by atoms with Crippen molar-refractivity contribution < 1.29 is 0 Å². The molecule has 0 bridgehead atoms. The van der Waals surface area contributed by atoms with Crippen molar-refractivity contribution in [1.29, 1.82) is 0 Å². The molecule has 1 unspecified atom stereocenters. The Bertz CT molecular complexity index is 353. The van der Waals surface area contributed by atoms with Gasteiger partial charge in [0.25, 0.3) is 0 Å². The zero-order valence-corrected chi connectivity index (χ0v) is 9.19. The van der Waals surface area contributed by atoms with Gasteiger partial charge in [-0.2, -0.15) is 5.10 Å². The van der Waals surface area contributed by atoms with Gasteiger partial charge in [0.2, 0.25) is 0 Å². The molecule has 2 N–H and O–H groups in total. The van der Waals surface area contributed by atoms with Crippen molar-refractivity contribution in [2.24, 2.45) is 12.8 Å². The molecule has 15 heavy (non-hydrogen) atoms. The number of hydrogen-bond acceptors (Lipinski definition) is 3. The molecule has 82 valence electrons. The van der Waals surface area contributed by atoms with Gasteiger partial charge in [-0.3, -0.25) is 4.68 Å². The van der Waals surface area contributed by atoms with Crippen LogP contribution >= 0.6 is 0 Å². The lowest BCUT2D eigenvalue weighted by molar-refractivity contribution is 0.652. The van der Waals surface area contributed by atoms with E-state index in [1.165, 1.54) is 18.4 Å². The first-order chi connectivity index (χ1) is 7.25. The molecule has 1 aromatic heterocycles. The topological polar surface area (TPSA) is 56.7 Å². The normalized spacial score (nSPS) is 22.3. The zero-order valence-electron chi connectivity index (χ0n) is 9.19. The molecule has 0 spiro atoms. The number of allylic oxidation sites excluding steroid dienone is 1. The lowest BCUT2D eigenvalue weighted by Gasteiger charge is -2.05. The fourth-order valence-corrected chi connectivity index (χ4v) is 2.03. The van der Waals surface area contributed by atoms with Crippen LogP contribution in [0.1, 0.15) is 31.5 Å². The summed E-state index contributed by atoms with van der Waals surface area (Å²) in [6.07, 6.45) is 9.46. The van der Waals surface area contributed by atoms with Crippen LogP contribution in [0.4, 0.5) is 0 Å². The fraction of sp³-hybridized carbons (Fsp3) is 0.636. The van der Waals surface area contributed by atoms with Crippen molar-refractivity contribution in [3.8, 4) is 0 Å². The second kappa shape index (κ2) is 4.57. The minimum atomic E-state index is 0.232. The number of hydrogen-bond donors (Lipinski definition) is 1. The van der Waals surface area contributed by atoms with E-state index in [1.807, 2.05) is 11.7 Å². The van der Waals surface area contributed by atoms with Gasteiger partial charge in [-0.1, -0.05) is 18.1 Å². The maximum absolute atomic E-state index is 5.97. The lowest BCUT2D eigenvalue weighted by atomic mass is 10.1. The van der Waals surface area contributed by atoms with E-state index >= 15 is 0 Å². The third kappa shape index (κ3) is 2.65. The Balaban J connectivity index is 2.07. The summed E-state index contributed by atoms with van der Waals surface area (Å²) < 4.78 is 1.83. The molecule has 1 aliphatic rings. The van der Waals surface area contributed by atoms with E-state index in [-0.39, 0.29) is 6.04 Å². The van der Waals surface area contributed by atoms with Crippen molar-refractivity contribution in [3.05, 3.63) is 23.8 Å². The first kappa shape index (κ1) is 10.4. The Labute approximate surface area is 90.2 Å². The molecule has 0 saturated carbocycles. The summed E-state index contributed by atoms with van der Waals surface area (Å²) in [6, 6.07) is 0.232. The molecule has 1 heterocycles. The van der Waals surface area contributed by atoms with Crippen LogP contribution in [0.5, 0.6) is 0 Å². The monoisotopic (exact) mass is 206 g/mol. The highest BCUT2D eigenvalue weighted by Gasteiger charge is 2.10. The predicted molar refractivity (Wildman–Crippen MR) is 59.2 cm³/mol. The van der Waals surface area contributed by atoms with Gasteiger partial charge in [0, 0.05) is 19.5 Å². The summed E-state index contributed by atoms with van der Waals surface area (Å²) in [5.41, 5.74) is 7.39. The van der Waals surface area contributed by atoms with Crippen LogP contribution in [0, 0.1) is 0 Å². The summed E-state index contributed by atoms with van der Waals surface area (Å²) in [5.74, 6) is 1.02. The van der Waals surface area contributed by atoms with Crippen LogP contribution in [0.25, 0.3) is 0 Å². The fourth-order valence-electron chi connectivity index (χ4n) is 2.03. The quantitative estimate of drug-likeness (QED) is 0.739. The van der Waals surface area contributed by atoms with E-state index in [4.69, 9.17) is 5.73 Å². The SMILES string of the molecule is Cn1ncnc1CC1=CC(N)CCCC1. The average Bonchev–Trinajstić information content (AvgIpc) is 2.48. The second-order valence-corrected chi connectivity index (χ2v) is 4.21. The van der Waals surface area contributed by atoms with Crippen molar-refractivity contribution in [1.82, 2.24) is 14.8 Å². The largest absolute Gasteiger partial charge is 0.324 e. The van der Waals surface area contributed by atoms with Gasteiger partial charge in [-0.05, 0) is 19.3 Å². The Hall–Kier alpha value is -1.16. The van der Waals surface area contributed by atoms with Crippen LogP contribution in [0.15, 0.2) is 18.0 Å². The smallest absolute Gasteiger partial charge is 0.138 e. The van der Waals surface area contributed by atoms with Crippen molar-refractivity contribution in [2.45, 2.75) is 38.1 Å². The van der Waals surface area contributed by atoms with Gasteiger partial charge < -0.3 is 5.73 Å². The zero-order chi connectivity index (χ0) is 10.7. The molecule has 2 rings (SSSR count). The van der Waals surface area contributed by atoms with Gasteiger partial charge in [0.15, 0.2) is 0 Å². The lowest BCUT2D eigenvalue weighted by Crippen LogP contribution is -2.16. The van der Waals surface area contributed by atoms with Crippen LogP contribution in [-0.2, 0) is 13.5 Å². The maximum Gasteiger partial charge on any atom is 0.138 e. The molecule has 0 saturated heterocycles. The summed E-state index contributed by atoms with van der Waals surface area (Å²) in [6.45, 7) is 0. The molecule has 1 aliphatic carbocycles. The highest BCUT2D eigenvalue weighted by atomic mass is 15.3. The summed E-state index contributed by atoms with van der Waals surface area (Å²) in [4.78, 5) is 4.24. The molecular weight excluding hydrogens is 188 g/mol. The first-order valence-electron chi connectivity index (χ1n) is 5.54. The molecule has 1 aromatic rings. The van der Waals surface area contributed by atoms with E-state index in [1.54, 1.807) is 6.33 Å². The van der Waals surface area contributed by atoms with Gasteiger partial charge in [-0.25, -0.2) is 4.98 Å². The summed E-state index contributed by atoms with van der Waals surface area (Å²) in [7, 11) is 1.93. The minimum Gasteiger partial charge on any atom is -0.324 e. The van der Waals surface area contributed by atoms with E-state index in [0.717, 1.165) is 25.1 Å². The Morgan fingerprint density at radius 3 is 3.13 bits per heavy atom. The maximum atomic E-state index is 5.97. The Morgan fingerprint density at radius 1 is 1.53 bits per heavy atom. The van der Waals surface area contributed by atoms with E-state index in [9.17, 15) is 0 Å². The van der Waals surface area contributed by atoms with Crippen molar-refractivity contribution in [3.63, 3.8) is 0 Å². The molecule has 0 radical (unpaired) electrons. The molecule has 0 aliphatic heterocycles. The van der Waals surface area contributed by atoms with Crippen LogP contribution in [-0.4, -0.2) is 20.8 Å². The van der Waals surface area contributed by atoms with E-state index in [0.29, 0.717) is 0 Å². The number of nitrogens with two attached hydrogens (primary N) is 1. The number of nitrogens with zero attached hydrogens (tertiary/aromatic N) is 3. The summed E-state index contributed by atoms with van der Waals surface area (Å²) >= 11 is 0. The molecule has 0 fully saturated rings. The molecule has 1 atom stereocenters. The van der Waals surface area contributed by atoms with Gasteiger partial charge in [-0.15, -0.1) is 0 Å². The molecular formula is C11H18N4. The first-order valence-corrected chi connectivity index (χ1v) is 5.54. The number of aryl methyl sites for hydroxylation is 1. The van der Waals surface area contributed by atoms with Crippen molar-refractivity contribution in [2.75, 3.05) is 0 Å². The highest BCUT2D eigenvalue weighted by molar-refractivity contribution is 5.13. The number of aromatic nitrogens is 3. The van der Waals surface area contributed by atoms with Gasteiger partial charge in [0.05, 0.1) is 0 Å². The van der Waals surface area contributed by atoms with E-state index < -0.39 is 0 Å². The molecule has 0 amide bonds. The second-order valence-electron chi connectivity index (χ2n) is 4.21. The predicted octanol–water partition coefficient (Wildman–Crippen LogP) is 1.19. The third-order valence-electron chi connectivity index (χ3n) is 2.93. The average molecular weight is 206 g/mol. The van der Waals surface area contributed by atoms with Gasteiger partial charge in [0.1, 0.15) is 12.2 Å². The Kier molecular flexibility index (Phi) is 3.16. The van der Waals surface area contributed by atoms with Crippen LogP contribution in [0.3, 0.4) is 0 Å². The highest BCUT2D eigenvalue weighted by Crippen LogP contribution is 2.19. The van der Waals surface area contributed by atoms with Crippen molar-refractivity contribution >= 4 is 0 Å². The molecule has 0 aromatic carbocycles. The van der Waals surface area contributed by atoms with Crippen LogP contribution in [0.2, 0.25) is 0 Å². The summed E-state index contributed by atoms with van der Waals surface area (Å²) in [5, 5.41) is 4.07. The molecule has 4 heteroatoms. The standard InChI is InChI=1S/C11H18N4/c1-15-11(13-8-14-15)7-9-4-2-3-5-10(12)6-9/h6,8,10H,2-5,7,12H2,1H3. The van der Waals surface area contributed by atoms with Gasteiger partial charge >= 0.3 is 0 Å². The Morgan fingerprint density at radius 2 is 2.40 bits per heavy atom. The van der Waals surface area contributed by atoms with E-state index in [2.05, 4.69) is 16.2 Å². The number of rotatable bonds is 2.